The summed E-state index contributed by atoms with van der Waals surface area (Å²) in [6.45, 7) is 0.178. The number of aliphatic carboxylic acids is 1. The molecule has 1 fully saturated rings. The topological polar surface area (TPSA) is 78.4 Å². The van der Waals surface area contributed by atoms with Gasteiger partial charge in [-0.1, -0.05) is 6.42 Å². The average molecular weight is 246 g/mol. The molecule has 92 valence electrons. The molecular formula is C10H18N2O3S. The zero-order chi connectivity index (χ0) is 12.0. The van der Waals surface area contributed by atoms with E-state index in [1.807, 2.05) is 6.26 Å². The van der Waals surface area contributed by atoms with Crippen LogP contribution in [-0.2, 0) is 4.79 Å². The van der Waals surface area contributed by atoms with Crippen LogP contribution < -0.4 is 10.6 Å². The second-order valence-electron chi connectivity index (χ2n) is 3.86. The molecule has 0 aromatic carbocycles. The van der Waals surface area contributed by atoms with E-state index >= 15 is 0 Å². The van der Waals surface area contributed by atoms with Crippen molar-refractivity contribution in [3.05, 3.63) is 0 Å². The van der Waals surface area contributed by atoms with Crippen LogP contribution in [0.25, 0.3) is 0 Å². The molecule has 0 spiro atoms. The Kier molecular flexibility index (Phi) is 5.45. The largest absolute Gasteiger partial charge is 0.481 e. The first-order valence-corrected chi connectivity index (χ1v) is 6.71. The van der Waals surface area contributed by atoms with Gasteiger partial charge in [0.15, 0.2) is 0 Å². The summed E-state index contributed by atoms with van der Waals surface area (Å²) < 4.78 is 0. The third kappa shape index (κ3) is 4.30. The number of hydrogen-bond donors (Lipinski definition) is 3. The van der Waals surface area contributed by atoms with Crippen LogP contribution in [0.3, 0.4) is 0 Å². The molecule has 0 aromatic heterocycles. The van der Waals surface area contributed by atoms with Gasteiger partial charge in [0.1, 0.15) is 0 Å². The second kappa shape index (κ2) is 6.62. The zero-order valence-electron chi connectivity index (χ0n) is 9.36. The van der Waals surface area contributed by atoms with E-state index in [1.54, 1.807) is 11.8 Å². The predicted molar refractivity (Wildman–Crippen MR) is 63.7 cm³/mol. The van der Waals surface area contributed by atoms with Gasteiger partial charge < -0.3 is 15.7 Å². The Hall–Kier alpha value is -0.910. The number of urea groups is 1. The van der Waals surface area contributed by atoms with E-state index in [2.05, 4.69) is 10.6 Å². The minimum atomic E-state index is -0.900. The molecule has 3 N–H and O–H groups in total. The van der Waals surface area contributed by atoms with Gasteiger partial charge in [-0.25, -0.2) is 4.79 Å². The van der Waals surface area contributed by atoms with Crippen molar-refractivity contribution in [2.75, 3.05) is 12.8 Å². The van der Waals surface area contributed by atoms with Crippen LogP contribution in [0.2, 0.25) is 0 Å². The number of amides is 2. The first-order valence-electron chi connectivity index (χ1n) is 5.42. The lowest BCUT2D eigenvalue weighted by Crippen LogP contribution is -2.45. The minimum absolute atomic E-state index is 0.0377. The highest BCUT2D eigenvalue weighted by Gasteiger charge is 2.27. The number of rotatable bonds is 5. The number of thioether (sulfide) groups is 1. The van der Waals surface area contributed by atoms with Crippen molar-refractivity contribution >= 4 is 23.8 Å². The maximum atomic E-state index is 11.4. The van der Waals surface area contributed by atoms with Gasteiger partial charge in [0.05, 0.1) is 6.42 Å². The quantitative estimate of drug-likeness (QED) is 0.677. The standard InChI is InChI=1S/C10H18N2O3S/c1-16-8-4-2-3-7(8)12-10(15)11-6-5-9(13)14/h7-8H,2-6H2,1H3,(H,13,14)(H2,11,12,15). The SMILES string of the molecule is CSC1CCCC1NC(=O)NCCC(=O)O. The summed E-state index contributed by atoms with van der Waals surface area (Å²) in [5.74, 6) is -0.900. The fourth-order valence-corrected chi connectivity index (χ4v) is 2.81. The smallest absolute Gasteiger partial charge is 0.315 e. The molecule has 2 amide bonds. The first-order chi connectivity index (χ1) is 7.63. The molecule has 0 bridgehead atoms. The van der Waals surface area contributed by atoms with E-state index in [9.17, 15) is 9.59 Å². The highest BCUT2D eigenvalue weighted by Crippen LogP contribution is 2.28. The number of carbonyl (C=O) groups is 2. The van der Waals surface area contributed by atoms with Crippen molar-refractivity contribution in [1.29, 1.82) is 0 Å². The molecule has 1 rings (SSSR count). The van der Waals surface area contributed by atoms with E-state index in [-0.39, 0.29) is 25.0 Å². The summed E-state index contributed by atoms with van der Waals surface area (Å²) in [5, 5.41) is 14.3. The molecule has 5 nitrogen and oxygen atoms in total. The number of nitrogens with one attached hydrogen (secondary N) is 2. The minimum Gasteiger partial charge on any atom is -0.481 e. The number of hydrogen-bond acceptors (Lipinski definition) is 3. The van der Waals surface area contributed by atoms with Crippen LogP contribution in [0.15, 0.2) is 0 Å². The van der Waals surface area contributed by atoms with Gasteiger partial charge in [-0.05, 0) is 19.1 Å². The Morgan fingerprint density at radius 3 is 2.81 bits per heavy atom. The van der Waals surface area contributed by atoms with Gasteiger partial charge in [-0.15, -0.1) is 0 Å². The van der Waals surface area contributed by atoms with E-state index in [1.165, 1.54) is 0 Å². The Bertz CT molecular complexity index is 260. The molecule has 0 heterocycles. The normalized spacial score (nSPS) is 24.1. The maximum Gasteiger partial charge on any atom is 0.315 e. The molecule has 1 aliphatic rings. The summed E-state index contributed by atoms with van der Waals surface area (Å²) in [4.78, 5) is 21.7. The van der Waals surface area contributed by atoms with Crippen molar-refractivity contribution in [3.8, 4) is 0 Å². The summed E-state index contributed by atoms with van der Waals surface area (Å²) in [5.41, 5.74) is 0. The van der Waals surface area contributed by atoms with Gasteiger partial charge in [0.25, 0.3) is 0 Å². The fraction of sp³-hybridized carbons (Fsp3) is 0.800. The second-order valence-corrected chi connectivity index (χ2v) is 4.93. The van der Waals surface area contributed by atoms with Crippen LogP contribution in [0, 0.1) is 0 Å². The number of carboxylic acids is 1. The lowest BCUT2D eigenvalue weighted by molar-refractivity contribution is -0.136. The van der Waals surface area contributed by atoms with Gasteiger partial charge in [-0.3, -0.25) is 4.79 Å². The van der Waals surface area contributed by atoms with E-state index in [0.717, 1.165) is 19.3 Å². The van der Waals surface area contributed by atoms with Gasteiger partial charge >= 0.3 is 12.0 Å². The van der Waals surface area contributed by atoms with Gasteiger partial charge in [-0.2, -0.15) is 11.8 Å². The van der Waals surface area contributed by atoms with Gasteiger partial charge in [0.2, 0.25) is 0 Å². The van der Waals surface area contributed by atoms with Gasteiger partial charge in [0, 0.05) is 17.8 Å². The molecule has 6 heteroatoms. The van der Waals surface area contributed by atoms with Crippen LogP contribution in [-0.4, -0.2) is 41.2 Å². The molecule has 1 saturated carbocycles. The van der Waals surface area contributed by atoms with Crippen molar-refractivity contribution in [2.24, 2.45) is 0 Å². The van der Waals surface area contributed by atoms with Crippen LogP contribution in [0.5, 0.6) is 0 Å². The molecule has 2 unspecified atom stereocenters. The number of carbonyl (C=O) groups excluding carboxylic acids is 1. The highest BCUT2D eigenvalue weighted by molar-refractivity contribution is 7.99. The Morgan fingerprint density at radius 2 is 2.19 bits per heavy atom. The summed E-state index contributed by atoms with van der Waals surface area (Å²) >= 11 is 1.77. The molecule has 1 aliphatic carbocycles. The molecule has 0 aliphatic heterocycles. The fourth-order valence-electron chi connectivity index (χ4n) is 1.88. The molecule has 0 radical (unpaired) electrons. The zero-order valence-corrected chi connectivity index (χ0v) is 10.2. The average Bonchev–Trinajstić information content (AvgIpc) is 2.64. The summed E-state index contributed by atoms with van der Waals surface area (Å²) in [6, 6.07) is -0.0352. The number of carboxylic acid groups (broad SMARTS) is 1. The lowest BCUT2D eigenvalue weighted by Gasteiger charge is -2.19. The molecule has 16 heavy (non-hydrogen) atoms. The monoisotopic (exact) mass is 246 g/mol. The third-order valence-electron chi connectivity index (χ3n) is 2.70. The Morgan fingerprint density at radius 1 is 1.44 bits per heavy atom. The van der Waals surface area contributed by atoms with E-state index in [4.69, 9.17) is 5.11 Å². The van der Waals surface area contributed by atoms with E-state index < -0.39 is 5.97 Å². The van der Waals surface area contributed by atoms with Crippen LogP contribution in [0.4, 0.5) is 4.79 Å². The van der Waals surface area contributed by atoms with Crippen LogP contribution in [0.1, 0.15) is 25.7 Å². The first kappa shape index (κ1) is 13.2. The Balaban J connectivity index is 2.20. The lowest BCUT2D eigenvalue weighted by atomic mass is 10.2. The molecule has 2 atom stereocenters. The van der Waals surface area contributed by atoms with Crippen molar-refractivity contribution in [2.45, 2.75) is 37.0 Å². The van der Waals surface area contributed by atoms with Crippen molar-refractivity contribution in [3.63, 3.8) is 0 Å². The molecule has 0 saturated heterocycles. The maximum absolute atomic E-state index is 11.4. The predicted octanol–water partition coefficient (Wildman–Crippen LogP) is 1.04. The highest BCUT2D eigenvalue weighted by atomic mass is 32.2. The van der Waals surface area contributed by atoms with Crippen molar-refractivity contribution < 1.29 is 14.7 Å². The Labute approximate surface area is 99.4 Å². The summed E-state index contributed by atoms with van der Waals surface area (Å²) in [6.07, 6.45) is 5.31. The molecule has 0 aromatic rings. The van der Waals surface area contributed by atoms with Crippen LogP contribution >= 0.6 is 11.8 Å². The summed E-state index contributed by atoms with van der Waals surface area (Å²) in [7, 11) is 0. The third-order valence-corrected chi connectivity index (χ3v) is 3.87. The molecular weight excluding hydrogens is 228 g/mol. The van der Waals surface area contributed by atoms with Crippen molar-refractivity contribution in [1.82, 2.24) is 10.6 Å². The van der Waals surface area contributed by atoms with E-state index in [0.29, 0.717) is 5.25 Å².